The smallest absolute Gasteiger partial charge is 0.0364 e. The van der Waals surface area contributed by atoms with E-state index in [2.05, 4.69) is 30.3 Å². The van der Waals surface area contributed by atoms with Gasteiger partial charge in [0.2, 0.25) is 0 Å². The molecule has 1 heterocycles. The van der Waals surface area contributed by atoms with Crippen molar-refractivity contribution in [2.24, 2.45) is 5.92 Å². The highest BCUT2D eigenvalue weighted by Gasteiger charge is 2.23. The molecule has 2 rings (SSSR count). The minimum Gasteiger partial charge on any atom is -0.313 e. The summed E-state index contributed by atoms with van der Waals surface area (Å²) in [5.74, 6) is 0.783. The van der Waals surface area contributed by atoms with Gasteiger partial charge in [-0.05, 0) is 49.9 Å². The molecule has 0 aliphatic heterocycles. The van der Waals surface area contributed by atoms with Crippen LogP contribution >= 0.6 is 0 Å². The van der Waals surface area contributed by atoms with Crippen molar-refractivity contribution < 1.29 is 0 Å². The van der Waals surface area contributed by atoms with Crippen LogP contribution in [0.3, 0.4) is 0 Å². The van der Waals surface area contributed by atoms with E-state index in [1.807, 2.05) is 12.4 Å². The summed E-state index contributed by atoms with van der Waals surface area (Å²) in [5.41, 5.74) is 2.76. The Morgan fingerprint density at radius 2 is 1.94 bits per heavy atom. The normalized spacial score (nSPS) is 19.9. The number of rotatable bonds is 3. The van der Waals surface area contributed by atoms with Gasteiger partial charge in [-0.1, -0.05) is 25.7 Å². The molecule has 0 aromatic carbocycles. The molecular weight excluding hydrogens is 208 g/mol. The number of hydrogen-bond acceptors (Lipinski definition) is 2. The summed E-state index contributed by atoms with van der Waals surface area (Å²) in [4.78, 5) is 4.29. The quantitative estimate of drug-likeness (QED) is 0.805. The summed E-state index contributed by atoms with van der Waals surface area (Å²) >= 11 is 0. The first-order valence-electron chi connectivity index (χ1n) is 6.90. The van der Waals surface area contributed by atoms with Crippen molar-refractivity contribution in [1.82, 2.24) is 10.3 Å². The third-order valence-corrected chi connectivity index (χ3v) is 4.10. The molecule has 0 amide bonds. The Kier molecular flexibility index (Phi) is 4.55. The molecule has 1 aliphatic rings. The van der Waals surface area contributed by atoms with Gasteiger partial charge in [0.15, 0.2) is 0 Å². The van der Waals surface area contributed by atoms with Gasteiger partial charge in [-0.15, -0.1) is 0 Å². The van der Waals surface area contributed by atoms with E-state index < -0.39 is 0 Å². The number of nitrogens with one attached hydrogen (secondary N) is 1. The topological polar surface area (TPSA) is 24.9 Å². The second-order valence-electron chi connectivity index (χ2n) is 5.25. The fourth-order valence-corrected chi connectivity index (χ4v) is 3.09. The number of pyridine rings is 1. The average Bonchev–Trinajstić information content (AvgIpc) is 2.62. The first kappa shape index (κ1) is 12.6. The van der Waals surface area contributed by atoms with E-state index >= 15 is 0 Å². The van der Waals surface area contributed by atoms with Crippen LogP contribution in [-0.2, 0) is 0 Å². The number of aryl methyl sites for hydroxylation is 1. The lowest BCUT2D eigenvalue weighted by Crippen LogP contribution is -2.26. The van der Waals surface area contributed by atoms with Gasteiger partial charge in [-0.2, -0.15) is 0 Å². The Hall–Kier alpha value is -0.890. The summed E-state index contributed by atoms with van der Waals surface area (Å²) in [6.45, 7) is 2.19. The molecule has 1 atom stereocenters. The molecule has 0 radical (unpaired) electrons. The van der Waals surface area contributed by atoms with Crippen molar-refractivity contribution in [1.29, 1.82) is 0 Å². The molecule has 1 aromatic rings. The maximum absolute atomic E-state index is 4.29. The molecule has 2 heteroatoms. The van der Waals surface area contributed by atoms with Crippen molar-refractivity contribution in [2.45, 2.75) is 51.5 Å². The average molecular weight is 232 g/mol. The van der Waals surface area contributed by atoms with Gasteiger partial charge in [0.1, 0.15) is 0 Å². The van der Waals surface area contributed by atoms with Crippen LogP contribution in [0, 0.1) is 12.8 Å². The Labute approximate surface area is 105 Å². The van der Waals surface area contributed by atoms with Gasteiger partial charge in [-0.3, -0.25) is 4.98 Å². The highest BCUT2D eigenvalue weighted by atomic mass is 14.9. The van der Waals surface area contributed by atoms with Crippen LogP contribution in [-0.4, -0.2) is 12.0 Å². The lowest BCUT2D eigenvalue weighted by molar-refractivity contribution is 0.340. The van der Waals surface area contributed by atoms with Gasteiger partial charge < -0.3 is 5.32 Å². The Bertz CT molecular complexity index is 341. The van der Waals surface area contributed by atoms with Gasteiger partial charge >= 0.3 is 0 Å². The monoisotopic (exact) mass is 232 g/mol. The fraction of sp³-hybridized carbons (Fsp3) is 0.667. The van der Waals surface area contributed by atoms with Crippen molar-refractivity contribution in [3.8, 4) is 0 Å². The van der Waals surface area contributed by atoms with Crippen LogP contribution in [0.2, 0.25) is 0 Å². The molecule has 1 N–H and O–H groups in total. The first-order valence-corrected chi connectivity index (χ1v) is 6.90. The second-order valence-corrected chi connectivity index (χ2v) is 5.25. The maximum atomic E-state index is 4.29. The van der Waals surface area contributed by atoms with Crippen molar-refractivity contribution in [3.05, 3.63) is 29.6 Å². The second kappa shape index (κ2) is 6.15. The van der Waals surface area contributed by atoms with Crippen LogP contribution in [0.25, 0.3) is 0 Å². The van der Waals surface area contributed by atoms with Crippen molar-refractivity contribution in [3.63, 3.8) is 0 Å². The van der Waals surface area contributed by atoms with Gasteiger partial charge in [0, 0.05) is 18.4 Å². The zero-order chi connectivity index (χ0) is 12.1. The molecule has 2 nitrogen and oxygen atoms in total. The van der Waals surface area contributed by atoms with Crippen LogP contribution < -0.4 is 5.32 Å². The summed E-state index contributed by atoms with van der Waals surface area (Å²) in [6, 6.07) is 2.61. The largest absolute Gasteiger partial charge is 0.313 e. The Balaban J connectivity index is 2.17. The molecule has 94 valence electrons. The SMILES string of the molecule is CNC(c1cnccc1C)C1CCCCCC1. The number of nitrogens with zero attached hydrogens (tertiary/aromatic N) is 1. The number of hydrogen-bond donors (Lipinski definition) is 1. The van der Waals surface area contributed by atoms with Gasteiger partial charge in [0.25, 0.3) is 0 Å². The van der Waals surface area contributed by atoms with E-state index in [1.165, 1.54) is 49.7 Å². The number of aromatic nitrogens is 1. The van der Waals surface area contributed by atoms with Crippen LogP contribution in [0.4, 0.5) is 0 Å². The zero-order valence-electron chi connectivity index (χ0n) is 11.1. The highest BCUT2D eigenvalue weighted by molar-refractivity contribution is 5.25. The lowest BCUT2D eigenvalue weighted by Gasteiger charge is -2.27. The highest BCUT2D eigenvalue weighted by Crippen LogP contribution is 2.34. The molecule has 1 unspecified atom stereocenters. The van der Waals surface area contributed by atoms with E-state index in [4.69, 9.17) is 0 Å². The summed E-state index contributed by atoms with van der Waals surface area (Å²) < 4.78 is 0. The van der Waals surface area contributed by atoms with E-state index in [0.29, 0.717) is 6.04 Å². The molecule has 1 fully saturated rings. The molecule has 0 saturated heterocycles. The van der Waals surface area contributed by atoms with Crippen molar-refractivity contribution >= 4 is 0 Å². The summed E-state index contributed by atoms with van der Waals surface area (Å²) in [7, 11) is 2.09. The van der Waals surface area contributed by atoms with Crippen LogP contribution in [0.5, 0.6) is 0 Å². The maximum Gasteiger partial charge on any atom is 0.0364 e. The van der Waals surface area contributed by atoms with Crippen LogP contribution in [0.15, 0.2) is 18.5 Å². The predicted molar refractivity (Wildman–Crippen MR) is 72.0 cm³/mol. The Morgan fingerprint density at radius 3 is 2.53 bits per heavy atom. The molecule has 0 bridgehead atoms. The zero-order valence-corrected chi connectivity index (χ0v) is 11.1. The van der Waals surface area contributed by atoms with Crippen LogP contribution in [0.1, 0.15) is 55.7 Å². The lowest BCUT2D eigenvalue weighted by atomic mass is 9.86. The molecule has 0 spiro atoms. The third-order valence-electron chi connectivity index (χ3n) is 4.10. The molecular formula is C15H24N2. The predicted octanol–water partition coefficient (Wildman–Crippen LogP) is 3.62. The minimum atomic E-state index is 0.488. The standard InChI is InChI=1S/C15H24N2/c1-12-9-10-17-11-14(12)15(16-2)13-7-5-3-4-6-8-13/h9-11,13,15-16H,3-8H2,1-2H3. The molecule has 1 saturated carbocycles. The fourth-order valence-electron chi connectivity index (χ4n) is 3.09. The molecule has 1 aromatic heterocycles. The summed E-state index contributed by atoms with van der Waals surface area (Å²) in [6.07, 6.45) is 12.3. The van der Waals surface area contributed by atoms with E-state index in [9.17, 15) is 0 Å². The first-order chi connectivity index (χ1) is 8.33. The van der Waals surface area contributed by atoms with Gasteiger partial charge in [0.05, 0.1) is 0 Å². The van der Waals surface area contributed by atoms with E-state index in [1.54, 1.807) is 0 Å². The Morgan fingerprint density at radius 1 is 1.24 bits per heavy atom. The van der Waals surface area contributed by atoms with Crippen molar-refractivity contribution in [2.75, 3.05) is 7.05 Å². The third kappa shape index (κ3) is 3.06. The summed E-state index contributed by atoms with van der Waals surface area (Å²) in [5, 5.41) is 3.52. The van der Waals surface area contributed by atoms with E-state index in [0.717, 1.165) is 5.92 Å². The molecule has 1 aliphatic carbocycles. The van der Waals surface area contributed by atoms with Gasteiger partial charge in [-0.25, -0.2) is 0 Å². The minimum absolute atomic E-state index is 0.488. The molecule has 17 heavy (non-hydrogen) atoms. The van der Waals surface area contributed by atoms with E-state index in [-0.39, 0.29) is 0 Å².